The first kappa shape index (κ1) is 32.4. The van der Waals surface area contributed by atoms with Gasteiger partial charge in [-0.15, -0.1) is 0 Å². The van der Waals surface area contributed by atoms with Crippen molar-refractivity contribution in [3.05, 3.63) is 188 Å². The zero-order chi connectivity index (χ0) is 38.2. The summed E-state index contributed by atoms with van der Waals surface area (Å²) in [4.78, 5) is 15.5. The molecule has 0 spiro atoms. The van der Waals surface area contributed by atoms with Crippen molar-refractivity contribution in [3.63, 3.8) is 0 Å². The van der Waals surface area contributed by atoms with E-state index >= 15 is 0 Å². The Hall–Kier alpha value is -7.89. The molecule has 8 aromatic carbocycles. The van der Waals surface area contributed by atoms with Crippen LogP contribution in [0.15, 0.2) is 197 Å². The highest BCUT2D eigenvalue weighted by Gasteiger charge is 2.19. The van der Waals surface area contributed by atoms with Gasteiger partial charge in [-0.2, -0.15) is 0 Å². The van der Waals surface area contributed by atoms with Crippen molar-refractivity contribution in [2.24, 2.45) is 0 Å². The Kier molecular flexibility index (Phi) is 7.16. The SMILES string of the molecule is c1ccc(-c2nc(-c3ccc(-c4ccc5nc(-c6ccccc6)c6ccc7oc8ccccc8c7c6c5c4)cc3)cc(-c3cccc4c3oc3ccccc34)n2)cc1. The molecular formula is C53H31N3O2. The fourth-order valence-electron chi connectivity index (χ4n) is 8.54. The van der Waals surface area contributed by atoms with E-state index in [-0.39, 0.29) is 0 Å². The first-order valence-corrected chi connectivity index (χ1v) is 19.4. The van der Waals surface area contributed by atoms with Crippen molar-refractivity contribution >= 4 is 65.6 Å². The number of rotatable bonds is 5. The molecule has 0 aliphatic rings. The molecule has 0 radical (unpaired) electrons. The molecule has 0 saturated heterocycles. The molecule has 0 aliphatic carbocycles. The average Bonchev–Trinajstić information content (AvgIpc) is 3.88. The molecule has 4 aromatic heterocycles. The third-order valence-electron chi connectivity index (χ3n) is 11.3. The second-order valence-corrected chi connectivity index (χ2v) is 14.7. The maximum absolute atomic E-state index is 6.45. The van der Waals surface area contributed by atoms with Crippen molar-refractivity contribution in [2.45, 2.75) is 0 Å². The van der Waals surface area contributed by atoms with E-state index in [4.69, 9.17) is 23.8 Å². The highest BCUT2D eigenvalue weighted by atomic mass is 16.3. The number of nitrogens with zero attached hydrogens (tertiary/aromatic N) is 3. The fourth-order valence-corrected chi connectivity index (χ4v) is 8.54. The minimum atomic E-state index is 0.659. The van der Waals surface area contributed by atoms with Gasteiger partial charge in [0.05, 0.1) is 22.6 Å². The number of benzene rings is 8. The molecule has 12 rings (SSSR count). The minimum Gasteiger partial charge on any atom is -0.456 e. The highest BCUT2D eigenvalue weighted by molar-refractivity contribution is 6.28. The maximum Gasteiger partial charge on any atom is 0.160 e. The average molecular weight is 742 g/mol. The molecule has 0 atom stereocenters. The molecule has 0 aliphatic heterocycles. The third kappa shape index (κ3) is 5.14. The van der Waals surface area contributed by atoms with Gasteiger partial charge in [0, 0.05) is 60.0 Å². The van der Waals surface area contributed by atoms with Crippen LogP contribution in [0.5, 0.6) is 0 Å². The van der Waals surface area contributed by atoms with Crippen LogP contribution in [-0.2, 0) is 0 Å². The van der Waals surface area contributed by atoms with E-state index < -0.39 is 0 Å². The van der Waals surface area contributed by atoms with E-state index in [2.05, 4.69) is 133 Å². The fraction of sp³-hybridized carbons (Fsp3) is 0. The lowest BCUT2D eigenvalue weighted by Crippen LogP contribution is -1.96. The first-order chi connectivity index (χ1) is 28.7. The lowest BCUT2D eigenvalue weighted by molar-refractivity contribution is 0.669. The van der Waals surface area contributed by atoms with Gasteiger partial charge in [-0.25, -0.2) is 15.0 Å². The molecular weight excluding hydrogens is 711 g/mol. The summed E-state index contributed by atoms with van der Waals surface area (Å²) < 4.78 is 12.8. The molecule has 0 saturated carbocycles. The summed E-state index contributed by atoms with van der Waals surface area (Å²) in [5.74, 6) is 0.659. The Morgan fingerprint density at radius 3 is 1.79 bits per heavy atom. The number of aromatic nitrogens is 3. The molecule has 5 nitrogen and oxygen atoms in total. The quantitative estimate of drug-likeness (QED) is 0.164. The van der Waals surface area contributed by atoms with E-state index in [0.717, 1.165) is 116 Å². The van der Waals surface area contributed by atoms with Crippen molar-refractivity contribution in [1.82, 2.24) is 15.0 Å². The van der Waals surface area contributed by atoms with Crippen molar-refractivity contribution in [1.29, 1.82) is 0 Å². The molecule has 58 heavy (non-hydrogen) atoms. The Morgan fingerprint density at radius 2 is 0.983 bits per heavy atom. The molecule has 0 bridgehead atoms. The van der Waals surface area contributed by atoms with Crippen LogP contribution in [0.2, 0.25) is 0 Å². The predicted molar refractivity (Wildman–Crippen MR) is 237 cm³/mol. The van der Waals surface area contributed by atoms with E-state index in [1.54, 1.807) is 0 Å². The lowest BCUT2D eigenvalue weighted by Gasteiger charge is -2.13. The summed E-state index contributed by atoms with van der Waals surface area (Å²) in [7, 11) is 0. The Balaban J connectivity index is 1.01. The predicted octanol–water partition coefficient (Wildman–Crippen LogP) is 14.3. The molecule has 0 fully saturated rings. The van der Waals surface area contributed by atoms with Gasteiger partial charge in [-0.05, 0) is 59.7 Å². The van der Waals surface area contributed by atoms with Gasteiger partial charge in [0.15, 0.2) is 5.82 Å². The van der Waals surface area contributed by atoms with Gasteiger partial charge >= 0.3 is 0 Å². The minimum absolute atomic E-state index is 0.659. The van der Waals surface area contributed by atoms with E-state index in [0.29, 0.717) is 5.82 Å². The number of para-hydroxylation sites is 3. The largest absolute Gasteiger partial charge is 0.456 e. The van der Waals surface area contributed by atoms with Gasteiger partial charge in [0.1, 0.15) is 22.3 Å². The van der Waals surface area contributed by atoms with Crippen LogP contribution in [-0.4, -0.2) is 15.0 Å². The Labute approximate surface area is 332 Å². The molecule has 12 aromatic rings. The van der Waals surface area contributed by atoms with E-state index in [1.165, 1.54) is 0 Å². The smallest absolute Gasteiger partial charge is 0.160 e. The zero-order valence-corrected chi connectivity index (χ0v) is 31.1. The van der Waals surface area contributed by atoms with E-state index in [1.807, 2.05) is 54.6 Å². The van der Waals surface area contributed by atoms with Crippen LogP contribution >= 0.6 is 0 Å². The summed E-state index contributed by atoms with van der Waals surface area (Å²) >= 11 is 0. The second-order valence-electron chi connectivity index (χ2n) is 14.7. The molecule has 0 unspecified atom stereocenters. The van der Waals surface area contributed by atoms with Crippen molar-refractivity contribution < 1.29 is 8.83 Å². The van der Waals surface area contributed by atoms with Crippen LogP contribution in [0.4, 0.5) is 0 Å². The van der Waals surface area contributed by atoms with Crippen LogP contribution in [0.3, 0.4) is 0 Å². The number of hydrogen-bond donors (Lipinski definition) is 0. The van der Waals surface area contributed by atoms with Gasteiger partial charge in [-0.1, -0.05) is 140 Å². The molecule has 4 heterocycles. The summed E-state index contributed by atoms with van der Waals surface area (Å²) in [6.07, 6.45) is 0. The maximum atomic E-state index is 6.45. The van der Waals surface area contributed by atoms with Crippen molar-refractivity contribution in [2.75, 3.05) is 0 Å². The van der Waals surface area contributed by atoms with Crippen molar-refractivity contribution in [3.8, 4) is 56.3 Å². The number of furan rings is 2. The number of pyridine rings is 1. The van der Waals surface area contributed by atoms with Gasteiger partial charge in [-0.3, -0.25) is 0 Å². The summed E-state index contributed by atoms with van der Waals surface area (Å²) in [6.45, 7) is 0. The standard InChI is InChI=1S/C53H31N3O2/c1-3-12-34(13-4-1)51-41-27-29-48-50(40-17-8-10-21-47(40)57-48)49(41)42-30-36(26-28-43(42)54-51)32-22-24-33(25-23-32)44-31-45(56-53(55-44)35-14-5-2-6-15-35)39-19-11-18-38-37-16-7-9-20-46(37)58-52(38)39/h1-31H. The summed E-state index contributed by atoms with van der Waals surface area (Å²) in [6, 6.07) is 64.9. The monoisotopic (exact) mass is 741 g/mol. The first-order valence-electron chi connectivity index (χ1n) is 19.4. The Morgan fingerprint density at radius 1 is 0.328 bits per heavy atom. The molecule has 270 valence electrons. The second kappa shape index (κ2) is 12.8. The summed E-state index contributed by atoms with van der Waals surface area (Å²) in [5.41, 5.74) is 13.1. The Bertz CT molecular complexity index is 3550. The van der Waals surface area contributed by atoms with Crippen LogP contribution < -0.4 is 0 Å². The number of hydrogen-bond acceptors (Lipinski definition) is 5. The number of fused-ring (bicyclic) bond motifs is 10. The zero-order valence-electron chi connectivity index (χ0n) is 31.1. The molecule has 0 amide bonds. The molecule has 5 heteroatoms. The lowest BCUT2D eigenvalue weighted by atomic mass is 9.94. The summed E-state index contributed by atoms with van der Waals surface area (Å²) in [5, 5.41) is 7.68. The topological polar surface area (TPSA) is 65.0 Å². The highest BCUT2D eigenvalue weighted by Crippen LogP contribution is 2.43. The molecule has 0 N–H and O–H groups in total. The van der Waals surface area contributed by atoms with Gasteiger partial charge < -0.3 is 8.83 Å². The van der Waals surface area contributed by atoms with Crippen LogP contribution in [0.1, 0.15) is 0 Å². The van der Waals surface area contributed by atoms with E-state index in [9.17, 15) is 0 Å². The third-order valence-corrected chi connectivity index (χ3v) is 11.3. The normalized spacial score (nSPS) is 11.8. The van der Waals surface area contributed by atoms with Crippen LogP contribution in [0, 0.1) is 0 Å². The van der Waals surface area contributed by atoms with Crippen LogP contribution in [0.25, 0.3) is 122 Å². The van der Waals surface area contributed by atoms with Gasteiger partial charge in [0.25, 0.3) is 0 Å². The van der Waals surface area contributed by atoms with Gasteiger partial charge in [0.2, 0.25) is 0 Å².